The quantitative estimate of drug-likeness (QED) is 0.830. The summed E-state index contributed by atoms with van der Waals surface area (Å²) >= 11 is 0. The molecule has 0 fully saturated rings. The summed E-state index contributed by atoms with van der Waals surface area (Å²) in [7, 11) is -3.81. The monoisotopic (exact) mass is 307 g/mol. The SMILES string of the molecule is C/C(=C/C(=O)NS(=O)(=O)Cc1ccon1)c1ccncc1. The molecule has 21 heavy (non-hydrogen) atoms. The number of pyridine rings is 1. The Bertz CT molecular complexity index is 737. The van der Waals surface area contributed by atoms with Crippen LogP contribution in [0.1, 0.15) is 18.2 Å². The highest BCUT2D eigenvalue weighted by atomic mass is 32.2. The summed E-state index contributed by atoms with van der Waals surface area (Å²) in [5.74, 6) is -1.13. The molecule has 0 spiro atoms. The number of nitrogens with one attached hydrogen (secondary N) is 1. The van der Waals surface area contributed by atoms with E-state index in [4.69, 9.17) is 0 Å². The first-order valence-corrected chi connectivity index (χ1v) is 7.64. The van der Waals surface area contributed by atoms with Gasteiger partial charge in [0.2, 0.25) is 10.0 Å². The van der Waals surface area contributed by atoms with Gasteiger partial charge >= 0.3 is 0 Å². The third kappa shape index (κ3) is 4.53. The van der Waals surface area contributed by atoms with Gasteiger partial charge in [-0.05, 0) is 30.2 Å². The molecule has 2 heterocycles. The first kappa shape index (κ1) is 14.9. The molecule has 0 unspecified atom stereocenters. The first-order chi connectivity index (χ1) is 9.96. The first-order valence-electron chi connectivity index (χ1n) is 5.99. The Balaban J connectivity index is 2.04. The number of amides is 1. The molecule has 0 aliphatic heterocycles. The van der Waals surface area contributed by atoms with E-state index in [1.165, 1.54) is 18.4 Å². The number of aromatic nitrogens is 2. The number of allylic oxidation sites excluding steroid dienone is 1. The lowest BCUT2D eigenvalue weighted by atomic mass is 10.1. The maximum absolute atomic E-state index is 11.8. The molecule has 1 N–H and O–H groups in total. The zero-order valence-corrected chi connectivity index (χ0v) is 12.0. The van der Waals surface area contributed by atoms with Crippen LogP contribution in [0.25, 0.3) is 5.57 Å². The predicted molar refractivity (Wildman–Crippen MR) is 75.2 cm³/mol. The average molecular weight is 307 g/mol. The third-order valence-corrected chi connectivity index (χ3v) is 3.76. The van der Waals surface area contributed by atoms with Crippen LogP contribution >= 0.6 is 0 Å². The second kappa shape index (κ2) is 6.31. The number of sulfonamides is 1. The normalized spacial score (nSPS) is 12.1. The minimum atomic E-state index is -3.81. The minimum absolute atomic E-state index is 0.227. The highest BCUT2D eigenvalue weighted by molar-refractivity contribution is 7.89. The molecule has 2 aromatic heterocycles. The van der Waals surface area contributed by atoms with Crippen LogP contribution in [-0.4, -0.2) is 24.5 Å². The Hall–Kier alpha value is -2.48. The molecule has 0 radical (unpaired) electrons. The van der Waals surface area contributed by atoms with E-state index in [2.05, 4.69) is 14.7 Å². The molecule has 0 saturated carbocycles. The fourth-order valence-electron chi connectivity index (χ4n) is 1.62. The molecule has 2 aromatic rings. The second-order valence-corrected chi connectivity index (χ2v) is 6.00. The molecular formula is C13H13N3O4S. The second-order valence-electron chi connectivity index (χ2n) is 4.28. The summed E-state index contributed by atoms with van der Waals surface area (Å²) in [5, 5.41) is 3.49. The van der Waals surface area contributed by atoms with Crippen molar-refractivity contribution in [2.75, 3.05) is 0 Å². The van der Waals surface area contributed by atoms with Crippen molar-refractivity contribution in [3.05, 3.63) is 54.2 Å². The van der Waals surface area contributed by atoms with Gasteiger partial charge in [0.1, 0.15) is 17.7 Å². The van der Waals surface area contributed by atoms with E-state index in [-0.39, 0.29) is 5.69 Å². The van der Waals surface area contributed by atoms with Crippen molar-refractivity contribution in [3.63, 3.8) is 0 Å². The number of carbonyl (C=O) groups excluding carboxylic acids is 1. The van der Waals surface area contributed by atoms with Crippen molar-refractivity contribution in [2.45, 2.75) is 12.7 Å². The van der Waals surface area contributed by atoms with Gasteiger partial charge in [-0.3, -0.25) is 9.78 Å². The molecule has 1 amide bonds. The van der Waals surface area contributed by atoms with E-state index in [0.29, 0.717) is 5.57 Å². The summed E-state index contributed by atoms with van der Waals surface area (Å²) in [6.07, 6.45) is 5.66. The average Bonchev–Trinajstić information content (AvgIpc) is 2.90. The molecule has 0 atom stereocenters. The minimum Gasteiger partial charge on any atom is -0.364 e. The fourth-order valence-corrected chi connectivity index (χ4v) is 2.60. The zero-order chi connectivity index (χ0) is 15.3. The number of rotatable bonds is 5. The zero-order valence-electron chi connectivity index (χ0n) is 11.2. The molecule has 2 rings (SSSR count). The third-order valence-electron chi connectivity index (χ3n) is 2.57. The summed E-state index contributed by atoms with van der Waals surface area (Å²) in [4.78, 5) is 15.6. The van der Waals surface area contributed by atoms with Crippen LogP contribution in [0.2, 0.25) is 0 Å². The summed E-state index contributed by atoms with van der Waals surface area (Å²) < 4.78 is 30.0. The van der Waals surface area contributed by atoms with Crippen LogP contribution in [0.4, 0.5) is 0 Å². The Kier molecular flexibility index (Phi) is 4.49. The van der Waals surface area contributed by atoms with Crippen LogP contribution in [0, 0.1) is 0 Å². The van der Waals surface area contributed by atoms with E-state index >= 15 is 0 Å². The number of hydrogen-bond donors (Lipinski definition) is 1. The highest BCUT2D eigenvalue weighted by Gasteiger charge is 2.16. The van der Waals surface area contributed by atoms with Gasteiger partial charge in [-0.15, -0.1) is 0 Å². The van der Waals surface area contributed by atoms with E-state index < -0.39 is 21.7 Å². The molecule has 110 valence electrons. The maximum atomic E-state index is 11.8. The van der Waals surface area contributed by atoms with Gasteiger partial charge < -0.3 is 4.52 Å². The largest absolute Gasteiger partial charge is 0.364 e. The number of hydrogen-bond acceptors (Lipinski definition) is 6. The van der Waals surface area contributed by atoms with Gasteiger partial charge in [-0.25, -0.2) is 13.1 Å². The van der Waals surface area contributed by atoms with Crippen molar-refractivity contribution < 1.29 is 17.7 Å². The maximum Gasteiger partial charge on any atom is 0.257 e. The highest BCUT2D eigenvalue weighted by Crippen LogP contribution is 2.11. The number of nitrogens with zero attached hydrogens (tertiary/aromatic N) is 2. The Morgan fingerprint density at radius 3 is 2.67 bits per heavy atom. The van der Waals surface area contributed by atoms with Crippen LogP contribution in [0.3, 0.4) is 0 Å². The van der Waals surface area contributed by atoms with Gasteiger partial charge in [0, 0.05) is 24.5 Å². The van der Waals surface area contributed by atoms with Gasteiger partial charge in [-0.2, -0.15) is 0 Å². The van der Waals surface area contributed by atoms with Crippen LogP contribution in [-0.2, 0) is 20.6 Å². The molecule has 8 heteroatoms. The fraction of sp³-hybridized carbons (Fsp3) is 0.154. The smallest absolute Gasteiger partial charge is 0.257 e. The Labute approximate surface area is 121 Å². The molecule has 0 bridgehead atoms. The van der Waals surface area contributed by atoms with Gasteiger partial charge in [0.05, 0.1) is 0 Å². The van der Waals surface area contributed by atoms with Crippen LogP contribution in [0.15, 0.2) is 47.5 Å². The lowest BCUT2D eigenvalue weighted by Crippen LogP contribution is -2.30. The van der Waals surface area contributed by atoms with Gasteiger partial charge in [0.15, 0.2) is 0 Å². The van der Waals surface area contributed by atoms with Gasteiger partial charge in [0.25, 0.3) is 5.91 Å². The van der Waals surface area contributed by atoms with Crippen molar-refractivity contribution >= 4 is 21.5 Å². The standard InChI is InChI=1S/C13H13N3O4S/c1-10(11-2-5-14-6-3-11)8-13(17)16-21(18,19)9-12-4-7-20-15-12/h2-8H,9H2,1H3,(H,16,17)/b10-8-. The molecule has 0 aliphatic carbocycles. The summed E-state index contributed by atoms with van der Waals surface area (Å²) in [6.45, 7) is 1.71. The molecule has 0 saturated heterocycles. The van der Waals surface area contributed by atoms with E-state index in [1.807, 2.05) is 4.72 Å². The number of carbonyl (C=O) groups is 1. The molecule has 0 aliphatic rings. The van der Waals surface area contributed by atoms with E-state index in [9.17, 15) is 13.2 Å². The Morgan fingerprint density at radius 2 is 2.05 bits per heavy atom. The molecule has 0 aromatic carbocycles. The molecular weight excluding hydrogens is 294 g/mol. The summed E-state index contributed by atoms with van der Waals surface area (Å²) in [5.41, 5.74) is 1.64. The van der Waals surface area contributed by atoms with Crippen molar-refractivity contribution in [2.24, 2.45) is 0 Å². The van der Waals surface area contributed by atoms with Crippen molar-refractivity contribution in [3.8, 4) is 0 Å². The van der Waals surface area contributed by atoms with E-state index in [1.54, 1.807) is 31.5 Å². The van der Waals surface area contributed by atoms with Crippen LogP contribution in [0.5, 0.6) is 0 Å². The Morgan fingerprint density at radius 1 is 1.33 bits per heavy atom. The van der Waals surface area contributed by atoms with Gasteiger partial charge in [-0.1, -0.05) is 5.16 Å². The van der Waals surface area contributed by atoms with E-state index in [0.717, 1.165) is 5.56 Å². The lowest BCUT2D eigenvalue weighted by molar-refractivity contribution is -0.114. The van der Waals surface area contributed by atoms with Crippen LogP contribution < -0.4 is 4.72 Å². The van der Waals surface area contributed by atoms with Crippen molar-refractivity contribution in [1.29, 1.82) is 0 Å². The topological polar surface area (TPSA) is 102 Å². The van der Waals surface area contributed by atoms with Crippen molar-refractivity contribution in [1.82, 2.24) is 14.9 Å². The molecule has 7 nitrogen and oxygen atoms in total. The lowest BCUT2D eigenvalue weighted by Gasteiger charge is -2.04. The predicted octanol–water partition coefficient (Wildman–Crippen LogP) is 1.12. The summed E-state index contributed by atoms with van der Waals surface area (Å²) in [6, 6.07) is 4.87.